The molecule has 0 aromatic heterocycles. The number of rotatable bonds is 5. The first-order valence-corrected chi connectivity index (χ1v) is 8.11. The Morgan fingerprint density at radius 3 is 2.78 bits per heavy atom. The van der Waals surface area contributed by atoms with E-state index in [4.69, 9.17) is 16.3 Å². The first kappa shape index (κ1) is 20.2. The fraction of sp³-hybridized carbons (Fsp3) is 0.588. The van der Waals surface area contributed by atoms with E-state index < -0.39 is 5.41 Å². The second-order valence-corrected chi connectivity index (χ2v) is 6.81. The highest BCUT2D eigenvalue weighted by molar-refractivity contribution is 6.31. The Balaban J connectivity index is 0.00000264. The average molecular weight is 361 g/mol. The summed E-state index contributed by atoms with van der Waals surface area (Å²) < 4.78 is 4.89. The van der Waals surface area contributed by atoms with Crippen LogP contribution in [0.2, 0.25) is 5.02 Å². The molecular formula is C17H26Cl2N2O2. The summed E-state index contributed by atoms with van der Waals surface area (Å²) in [5, 5.41) is 4.23. The van der Waals surface area contributed by atoms with Gasteiger partial charge in [0.2, 0.25) is 0 Å². The molecule has 4 nitrogen and oxygen atoms in total. The van der Waals surface area contributed by atoms with Crippen LogP contribution in [0.25, 0.3) is 0 Å². The predicted molar refractivity (Wildman–Crippen MR) is 96.3 cm³/mol. The summed E-state index contributed by atoms with van der Waals surface area (Å²) >= 11 is 6.36. The number of benzene rings is 1. The highest BCUT2D eigenvalue weighted by Crippen LogP contribution is 2.30. The molecule has 1 aromatic rings. The molecule has 23 heavy (non-hydrogen) atoms. The molecule has 1 fully saturated rings. The summed E-state index contributed by atoms with van der Waals surface area (Å²) in [5.74, 6) is -0.156. The van der Waals surface area contributed by atoms with E-state index in [2.05, 4.69) is 16.3 Å². The van der Waals surface area contributed by atoms with Crippen molar-refractivity contribution >= 4 is 30.0 Å². The molecule has 0 radical (unpaired) electrons. The largest absolute Gasteiger partial charge is 0.469 e. The molecule has 1 saturated heterocycles. The SMILES string of the molecule is COC(=O)C(C)(C)CCN1CCNCC1c1ccccc1Cl.Cl. The normalized spacial score (nSPS) is 19.0. The van der Waals surface area contributed by atoms with Crippen LogP contribution in [-0.2, 0) is 9.53 Å². The van der Waals surface area contributed by atoms with Gasteiger partial charge in [0, 0.05) is 30.7 Å². The number of piperazine rings is 1. The van der Waals surface area contributed by atoms with Gasteiger partial charge >= 0.3 is 5.97 Å². The molecule has 1 unspecified atom stereocenters. The van der Waals surface area contributed by atoms with E-state index in [0.29, 0.717) is 0 Å². The third kappa shape index (κ3) is 5.08. The van der Waals surface area contributed by atoms with Crippen LogP contribution < -0.4 is 5.32 Å². The van der Waals surface area contributed by atoms with Gasteiger partial charge in [0.05, 0.1) is 12.5 Å². The number of ether oxygens (including phenoxy) is 1. The summed E-state index contributed by atoms with van der Waals surface area (Å²) in [5.41, 5.74) is 0.678. The monoisotopic (exact) mass is 360 g/mol. The molecule has 1 aliphatic rings. The minimum Gasteiger partial charge on any atom is -0.469 e. The smallest absolute Gasteiger partial charge is 0.311 e. The highest BCUT2D eigenvalue weighted by Gasteiger charge is 2.31. The van der Waals surface area contributed by atoms with Gasteiger partial charge in [-0.1, -0.05) is 29.8 Å². The number of hydrogen-bond acceptors (Lipinski definition) is 4. The molecule has 1 aliphatic heterocycles. The first-order chi connectivity index (χ1) is 10.5. The van der Waals surface area contributed by atoms with Gasteiger partial charge in [-0.25, -0.2) is 0 Å². The van der Waals surface area contributed by atoms with E-state index in [-0.39, 0.29) is 24.4 Å². The van der Waals surface area contributed by atoms with E-state index in [0.717, 1.165) is 43.2 Å². The van der Waals surface area contributed by atoms with E-state index in [9.17, 15) is 4.79 Å². The summed E-state index contributed by atoms with van der Waals surface area (Å²) in [6.07, 6.45) is 0.765. The number of nitrogens with zero attached hydrogens (tertiary/aromatic N) is 1. The number of methoxy groups -OCH3 is 1. The minimum atomic E-state index is -0.468. The molecule has 0 bridgehead atoms. The zero-order valence-corrected chi connectivity index (χ0v) is 15.5. The third-order valence-electron chi connectivity index (χ3n) is 4.38. The third-order valence-corrected chi connectivity index (χ3v) is 4.72. The number of carbonyl (C=O) groups excluding carboxylic acids is 1. The Morgan fingerprint density at radius 2 is 2.13 bits per heavy atom. The van der Waals surface area contributed by atoms with Gasteiger partial charge in [0.1, 0.15) is 0 Å². The molecule has 0 spiro atoms. The number of nitrogens with one attached hydrogen (secondary N) is 1. The summed E-state index contributed by atoms with van der Waals surface area (Å²) in [7, 11) is 1.45. The Kier molecular flexibility index (Phi) is 7.81. The van der Waals surface area contributed by atoms with Gasteiger partial charge in [-0.05, 0) is 38.4 Å². The molecule has 130 valence electrons. The average Bonchev–Trinajstić information content (AvgIpc) is 2.53. The number of esters is 1. The summed E-state index contributed by atoms with van der Waals surface area (Å²) in [6, 6.07) is 8.23. The van der Waals surface area contributed by atoms with Gasteiger partial charge in [0.15, 0.2) is 0 Å². The fourth-order valence-corrected chi connectivity index (χ4v) is 3.13. The molecule has 0 amide bonds. The zero-order chi connectivity index (χ0) is 16.2. The van der Waals surface area contributed by atoms with Crippen LogP contribution in [0.15, 0.2) is 24.3 Å². The van der Waals surface area contributed by atoms with Crippen LogP contribution in [0.3, 0.4) is 0 Å². The molecule has 6 heteroatoms. The maximum absolute atomic E-state index is 11.8. The first-order valence-electron chi connectivity index (χ1n) is 7.73. The van der Waals surface area contributed by atoms with Crippen LogP contribution >= 0.6 is 24.0 Å². The van der Waals surface area contributed by atoms with E-state index in [1.54, 1.807) is 0 Å². The minimum absolute atomic E-state index is 0. The number of carbonyl (C=O) groups is 1. The van der Waals surface area contributed by atoms with Crippen molar-refractivity contribution in [3.05, 3.63) is 34.9 Å². The molecule has 2 rings (SSSR count). The van der Waals surface area contributed by atoms with E-state index in [1.807, 2.05) is 32.0 Å². The molecule has 1 N–H and O–H groups in total. The van der Waals surface area contributed by atoms with Crippen molar-refractivity contribution in [1.29, 1.82) is 0 Å². The molecule has 0 saturated carbocycles. The Hall–Kier alpha value is -0.810. The summed E-state index contributed by atoms with van der Waals surface area (Å²) in [6.45, 7) is 7.51. The van der Waals surface area contributed by atoms with Crippen LogP contribution in [-0.4, -0.2) is 44.2 Å². The van der Waals surface area contributed by atoms with E-state index >= 15 is 0 Å². The van der Waals surface area contributed by atoms with Crippen molar-refractivity contribution in [3.63, 3.8) is 0 Å². The second-order valence-electron chi connectivity index (χ2n) is 6.40. The predicted octanol–water partition coefficient (Wildman–Crippen LogP) is 3.30. The Labute approximate surface area is 149 Å². The quantitative estimate of drug-likeness (QED) is 0.818. The van der Waals surface area contributed by atoms with Crippen molar-refractivity contribution in [1.82, 2.24) is 10.2 Å². The Bertz CT molecular complexity index is 523. The Morgan fingerprint density at radius 1 is 1.43 bits per heavy atom. The molecular weight excluding hydrogens is 335 g/mol. The topological polar surface area (TPSA) is 41.6 Å². The standard InChI is InChI=1S/C17H25ClN2O2.ClH/c1-17(2,16(21)22-3)8-10-20-11-9-19-12-15(20)13-6-4-5-7-14(13)18;/h4-7,15,19H,8-12H2,1-3H3;1H. The lowest BCUT2D eigenvalue weighted by atomic mass is 9.88. The van der Waals surface area contributed by atoms with Gasteiger partial charge in [-0.3, -0.25) is 9.69 Å². The van der Waals surface area contributed by atoms with Crippen molar-refractivity contribution in [3.8, 4) is 0 Å². The van der Waals surface area contributed by atoms with Crippen molar-refractivity contribution in [2.45, 2.75) is 26.3 Å². The lowest BCUT2D eigenvalue weighted by Crippen LogP contribution is -2.47. The van der Waals surface area contributed by atoms with Gasteiger partial charge in [-0.2, -0.15) is 0 Å². The maximum atomic E-state index is 11.8. The number of halogens is 2. The number of hydrogen-bond donors (Lipinski definition) is 1. The van der Waals surface area contributed by atoms with Crippen LogP contribution in [0.5, 0.6) is 0 Å². The fourth-order valence-electron chi connectivity index (χ4n) is 2.87. The van der Waals surface area contributed by atoms with Crippen LogP contribution in [0.1, 0.15) is 31.9 Å². The summed E-state index contributed by atoms with van der Waals surface area (Å²) in [4.78, 5) is 14.2. The van der Waals surface area contributed by atoms with Crippen LogP contribution in [0.4, 0.5) is 0 Å². The lowest BCUT2D eigenvalue weighted by Gasteiger charge is -2.38. The van der Waals surface area contributed by atoms with E-state index in [1.165, 1.54) is 7.11 Å². The van der Waals surface area contributed by atoms with Gasteiger partial charge in [0.25, 0.3) is 0 Å². The molecule has 1 atom stereocenters. The molecule has 1 heterocycles. The van der Waals surface area contributed by atoms with Crippen molar-refractivity contribution in [2.24, 2.45) is 5.41 Å². The highest BCUT2D eigenvalue weighted by atomic mass is 35.5. The van der Waals surface area contributed by atoms with Crippen LogP contribution in [0, 0.1) is 5.41 Å². The lowest BCUT2D eigenvalue weighted by molar-refractivity contribution is -0.151. The molecule has 1 aromatic carbocycles. The van der Waals surface area contributed by atoms with Gasteiger partial charge < -0.3 is 10.1 Å². The van der Waals surface area contributed by atoms with Gasteiger partial charge in [-0.15, -0.1) is 12.4 Å². The second kappa shape index (κ2) is 8.88. The van der Waals surface area contributed by atoms with Crippen molar-refractivity contribution in [2.75, 3.05) is 33.3 Å². The zero-order valence-electron chi connectivity index (χ0n) is 14.0. The maximum Gasteiger partial charge on any atom is 0.311 e. The van der Waals surface area contributed by atoms with Crippen molar-refractivity contribution < 1.29 is 9.53 Å². The molecule has 0 aliphatic carbocycles.